The van der Waals surface area contributed by atoms with Gasteiger partial charge in [0, 0.05) is 32.2 Å². The minimum absolute atomic E-state index is 0.353. The van der Waals surface area contributed by atoms with Crippen molar-refractivity contribution in [2.24, 2.45) is 5.84 Å². The fourth-order valence-corrected chi connectivity index (χ4v) is 2.39. The van der Waals surface area contributed by atoms with E-state index in [0.717, 1.165) is 31.9 Å². The van der Waals surface area contributed by atoms with Crippen LogP contribution in [0.4, 0.5) is 0 Å². The quantitative estimate of drug-likeness (QED) is 0.449. The number of likely N-dealkylation sites (N-methyl/N-ethyl adjacent to an activating group) is 1. The first-order valence-corrected chi connectivity index (χ1v) is 6.49. The van der Waals surface area contributed by atoms with Gasteiger partial charge in [0.2, 0.25) is 0 Å². The zero-order valence-corrected chi connectivity index (χ0v) is 11.5. The Bertz CT molecular complexity index is 450. The summed E-state index contributed by atoms with van der Waals surface area (Å²) in [7, 11) is 2.14. The minimum Gasteiger partial charge on any atom is -0.304 e. The van der Waals surface area contributed by atoms with Crippen LogP contribution in [0.15, 0.2) is 18.2 Å². The van der Waals surface area contributed by atoms with Crippen LogP contribution in [-0.4, -0.2) is 53.4 Å². The molecule has 104 valence electrons. The second-order valence-corrected chi connectivity index (χ2v) is 5.07. The SMILES string of the molecule is CC1CN(C)CCN1Cc1cccc(C(=O)NN)n1. The van der Waals surface area contributed by atoms with Crippen molar-refractivity contribution in [3.8, 4) is 0 Å². The summed E-state index contributed by atoms with van der Waals surface area (Å²) in [6.07, 6.45) is 0. The number of amides is 1. The van der Waals surface area contributed by atoms with Crippen molar-refractivity contribution in [2.45, 2.75) is 19.5 Å². The highest BCUT2D eigenvalue weighted by molar-refractivity contribution is 5.91. The number of rotatable bonds is 3. The predicted molar refractivity (Wildman–Crippen MR) is 73.3 cm³/mol. The molecule has 0 radical (unpaired) electrons. The maximum Gasteiger partial charge on any atom is 0.283 e. The van der Waals surface area contributed by atoms with E-state index in [4.69, 9.17) is 5.84 Å². The van der Waals surface area contributed by atoms with E-state index in [9.17, 15) is 4.79 Å². The summed E-state index contributed by atoms with van der Waals surface area (Å²) < 4.78 is 0. The molecular formula is C13H21N5O. The Balaban J connectivity index is 2.04. The number of carbonyl (C=O) groups excluding carboxylic acids is 1. The molecule has 6 nitrogen and oxygen atoms in total. The molecule has 6 heteroatoms. The Kier molecular flexibility index (Phi) is 4.47. The van der Waals surface area contributed by atoms with Crippen molar-refractivity contribution in [1.82, 2.24) is 20.2 Å². The number of hydrogen-bond donors (Lipinski definition) is 2. The molecule has 1 aliphatic heterocycles. The number of nitrogens with two attached hydrogens (primary N) is 1. The highest BCUT2D eigenvalue weighted by atomic mass is 16.2. The highest BCUT2D eigenvalue weighted by Gasteiger charge is 2.21. The van der Waals surface area contributed by atoms with Crippen LogP contribution in [0.3, 0.4) is 0 Å². The van der Waals surface area contributed by atoms with Gasteiger partial charge in [-0.05, 0) is 26.1 Å². The van der Waals surface area contributed by atoms with E-state index < -0.39 is 0 Å². The van der Waals surface area contributed by atoms with Gasteiger partial charge >= 0.3 is 0 Å². The molecule has 1 unspecified atom stereocenters. The molecule has 0 spiro atoms. The fraction of sp³-hybridized carbons (Fsp3) is 0.538. The first-order chi connectivity index (χ1) is 9.10. The first kappa shape index (κ1) is 13.9. The van der Waals surface area contributed by atoms with Crippen molar-refractivity contribution < 1.29 is 4.79 Å². The van der Waals surface area contributed by atoms with Gasteiger partial charge < -0.3 is 4.90 Å². The smallest absolute Gasteiger partial charge is 0.283 e. The molecule has 1 saturated heterocycles. The van der Waals surface area contributed by atoms with Crippen LogP contribution < -0.4 is 11.3 Å². The molecule has 0 aromatic carbocycles. The molecule has 3 N–H and O–H groups in total. The van der Waals surface area contributed by atoms with E-state index in [-0.39, 0.29) is 5.91 Å². The van der Waals surface area contributed by atoms with E-state index in [2.05, 4.69) is 34.2 Å². The molecule has 2 heterocycles. The molecule has 1 aliphatic rings. The second kappa shape index (κ2) is 6.10. The van der Waals surface area contributed by atoms with Crippen molar-refractivity contribution in [2.75, 3.05) is 26.7 Å². The van der Waals surface area contributed by atoms with Crippen LogP contribution in [0.1, 0.15) is 23.1 Å². The van der Waals surface area contributed by atoms with E-state index in [1.54, 1.807) is 6.07 Å². The summed E-state index contributed by atoms with van der Waals surface area (Å²) in [6, 6.07) is 5.94. The number of aromatic nitrogens is 1. The molecule has 0 aliphatic carbocycles. The number of hydrazine groups is 1. The summed E-state index contributed by atoms with van der Waals surface area (Å²) in [5, 5.41) is 0. The summed E-state index contributed by atoms with van der Waals surface area (Å²) in [4.78, 5) is 20.5. The number of piperazine rings is 1. The van der Waals surface area contributed by atoms with Crippen molar-refractivity contribution >= 4 is 5.91 Å². The Hall–Kier alpha value is -1.50. The third-order valence-electron chi connectivity index (χ3n) is 3.50. The van der Waals surface area contributed by atoms with Crippen LogP contribution in [0.2, 0.25) is 0 Å². The molecule has 1 aromatic heterocycles. The van der Waals surface area contributed by atoms with Gasteiger partial charge in [-0.25, -0.2) is 10.8 Å². The monoisotopic (exact) mass is 263 g/mol. The third-order valence-corrected chi connectivity index (χ3v) is 3.50. The Morgan fingerprint density at radius 2 is 2.32 bits per heavy atom. The zero-order chi connectivity index (χ0) is 13.8. The lowest BCUT2D eigenvalue weighted by atomic mass is 10.2. The molecule has 19 heavy (non-hydrogen) atoms. The van der Waals surface area contributed by atoms with Gasteiger partial charge in [0.1, 0.15) is 5.69 Å². The average molecular weight is 263 g/mol. The number of nitrogens with zero attached hydrogens (tertiary/aromatic N) is 3. The van der Waals surface area contributed by atoms with E-state index in [1.807, 2.05) is 12.1 Å². The number of carbonyl (C=O) groups is 1. The lowest BCUT2D eigenvalue weighted by Gasteiger charge is -2.38. The number of hydrogen-bond acceptors (Lipinski definition) is 5. The topological polar surface area (TPSA) is 74.5 Å². The van der Waals surface area contributed by atoms with Gasteiger partial charge in [0.25, 0.3) is 5.91 Å². The summed E-state index contributed by atoms with van der Waals surface area (Å²) in [5.74, 6) is 4.77. The van der Waals surface area contributed by atoms with Crippen LogP contribution in [-0.2, 0) is 6.54 Å². The van der Waals surface area contributed by atoms with Gasteiger partial charge in [0.05, 0.1) is 5.69 Å². The normalized spacial score (nSPS) is 21.3. The first-order valence-electron chi connectivity index (χ1n) is 6.49. The van der Waals surface area contributed by atoms with Crippen molar-refractivity contribution in [3.63, 3.8) is 0 Å². The molecule has 0 saturated carbocycles. The van der Waals surface area contributed by atoms with Gasteiger partial charge in [-0.1, -0.05) is 6.07 Å². The molecule has 1 aromatic rings. The predicted octanol–water partition coefficient (Wildman–Crippen LogP) is -0.179. The molecular weight excluding hydrogens is 242 g/mol. The summed E-state index contributed by atoms with van der Waals surface area (Å²) in [6.45, 7) is 6.12. The van der Waals surface area contributed by atoms with Crippen LogP contribution in [0, 0.1) is 0 Å². The highest BCUT2D eigenvalue weighted by Crippen LogP contribution is 2.12. The number of nitrogens with one attached hydrogen (secondary N) is 1. The maximum atomic E-state index is 11.4. The van der Waals surface area contributed by atoms with Crippen LogP contribution in [0.5, 0.6) is 0 Å². The van der Waals surface area contributed by atoms with Gasteiger partial charge in [-0.2, -0.15) is 0 Å². The molecule has 1 atom stereocenters. The third kappa shape index (κ3) is 3.50. The molecule has 2 rings (SSSR count). The summed E-state index contributed by atoms with van der Waals surface area (Å²) >= 11 is 0. The zero-order valence-electron chi connectivity index (χ0n) is 11.5. The van der Waals surface area contributed by atoms with Crippen LogP contribution >= 0.6 is 0 Å². The fourth-order valence-electron chi connectivity index (χ4n) is 2.39. The van der Waals surface area contributed by atoms with E-state index in [1.165, 1.54) is 0 Å². The van der Waals surface area contributed by atoms with Gasteiger partial charge in [-0.15, -0.1) is 0 Å². The lowest BCUT2D eigenvalue weighted by Crippen LogP contribution is -2.49. The maximum absolute atomic E-state index is 11.4. The van der Waals surface area contributed by atoms with Crippen LogP contribution in [0.25, 0.3) is 0 Å². The Labute approximate surface area is 113 Å². The van der Waals surface area contributed by atoms with Gasteiger partial charge in [0.15, 0.2) is 0 Å². The standard InChI is InChI=1S/C13H21N5O/c1-10-8-17(2)6-7-18(10)9-11-4-3-5-12(15-11)13(19)16-14/h3-5,10H,6-9,14H2,1-2H3,(H,16,19). The van der Waals surface area contributed by atoms with Crippen molar-refractivity contribution in [1.29, 1.82) is 0 Å². The summed E-state index contributed by atoms with van der Waals surface area (Å²) in [5.41, 5.74) is 3.37. The lowest BCUT2D eigenvalue weighted by molar-refractivity contribution is 0.0917. The molecule has 1 fully saturated rings. The van der Waals surface area contributed by atoms with E-state index in [0.29, 0.717) is 11.7 Å². The Morgan fingerprint density at radius 1 is 1.53 bits per heavy atom. The number of pyridine rings is 1. The largest absolute Gasteiger partial charge is 0.304 e. The average Bonchev–Trinajstić information content (AvgIpc) is 2.41. The van der Waals surface area contributed by atoms with Crippen molar-refractivity contribution in [3.05, 3.63) is 29.6 Å². The van der Waals surface area contributed by atoms with E-state index >= 15 is 0 Å². The minimum atomic E-state index is -0.353. The molecule has 1 amide bonds. The molecule has 0 bridgehead atoms. The van der Waals surface area contributed by atoms with Gasteiger partial charge in [-0.3, -0.25) is 15.1 Å². The Morgan fingerprint density at radius 3 is 3.00 bits per heavy atom. The number of nitrogen functional groups attached to an aromatic ring is 1. The second-order valence-electron chi connectivity index (χ2n) is 5.07.